The van der Waals surface area contributed by atoms with Gasteiger partial charge in [0.05, 0.1) is 0 Å². The van der Waals surface area contributed by atoms with Crippen LogP contribution >= 0.6 is 0 Å². The van der Waals surface area contributed by atoms with Crippen molar-refractivity contribution >= 4 is 6.08 Å². The van der Waals surface area contributed by atoms with Crippen molar-refractivity contribution in [2.24, 2.45) is 0 Å². The predicted molar refractivity (Wildman–Crippen MR) is 78.5 cm³/mol. The first kappa shape index (κ1) is 13.1. The molecule has 0 saturated carbocycles. The van der Waals surface area contributed by atoms with E-state index in [1.807, 2.05) is 0 Å². The van der Waals surface area contributed by atoms with Crippen LogP contribution in [0.2, 0.25) is 0 Å². The zero-order valence-corrected chi connectivity index (χ0v) is 11.3. The molecule has 1 aliphatic rings. The molecule has 1 N–H and O–H groups in total. The van der Waals surface area contributed by atoms with Gasteiger partial charge in [-0.1, -0.05) is 43.7 Å². The molecule has 96 valence electrons. The van der Waals surface area contributed by atoms with Crippen LogP contribution in [0.25, 0.3) is 6.08 Å². The summed E-state index contributed by atoms with van der Waals surface area (Å²) >= 11 is 0. The summed E-state index contributed by atoms with van der Waals surface area (Å²) in [5.74, 6) is 0. The van der Waals surface area contributed by atoms with E-state index in [9.17, 15) is 0 Å². The van der Waals surface area contributed by atoms with E-state index in [1.54, 1.807) is 0 Å². The molecule has 0 spiro atoms. The summed E-state index contributed by atoms with van der Waals surface area (Å²) in [4.78, 5) is 0. The second-order valence-electron chi connectivity index (χ2n) is 4.98. The SMILES string of the molecule is CCCCC(=C=Cc1ccccc1)C1CCCN1. The fourth-order valence-electron chi connectivity index (χ4n) is 2.42. The lowest BCUT2D eigenvalue weighted by Gasteiger charge is -2.12. The van der Waals surface area contributed by atoms with Crippen LogP contribution < -0.4 is 5.32 Å². The largest absolute Gasteiger partial charge is 0.310 e. The van der Waals surface area contributed by atoms with Gasteiger partial charge < -0.3 is 5.32 Å². The molecule has 0 amide bonds. The molecule has 1 atom stereocenters. The molecular formula is C17H23N. The maximum Gasteiger partial charge on any atom is 0.0355 e. The van der Waals surface area contributed by atoms with E-state index >= 15 is 0 Å². The molecule has 1 aromatic rings. The Kier molecular flexibility index (Phi) is 5.26. The Hall–Kier alpha value is -1.30. The molecule has 2 rings (SSSR count). The molecule has 1 fully saturated rings. The van der Waals surface area contributed by atoms with Crippen LogP contribution in [0.3, 0.4) is 0 Å². The van der Waals surface area contributed by atoms with Crippen LogP contribution in [0.5, 0.6) is 0 Å². The van der Waals surface area contributed by atoms with Gasteiger partial charge in [-0.15, -0.1) is 5.73 Å². The van der Waals surface area contributed by atoms with E-state index in [0.29, 0.717) is 6.04 Å². The first-order valence-electron chi connectivity index (χ1n) is 7.14. The lowest BCUT2D eigenvalue weighted by atomic mass is 10.00. The Morgan fingerprint density at radius 2 is 2.22 bits per heavy atom. The predicted octanol–water partition coefficient (Wildman–Crippen LogP) is 4.17. The Labute approximate surface area is 111 Å². The molecule has 1 aromatic carbocycles. The summed E-state index contributed by atoms with van der Waals surface area (Å²) in [6, 6.07) is 11.0. The highest BCUT2D eigenvalue weighted by atomic mass is 14.9. The van der Waals surface area contributed by atoms with E-state index in [0.717, 1.165) is 6.54 Å². The molecule has 0 aliphatic carbocycles. The summed E-state index contributed by atoms with van der Waals surface area (Å²) in [5.41, 5.74) is 6.24. The summed E-state index contributed by atoms with van der Waals surface area (Å²) in [7, 11) is 0. The highest BCUT2D eigenvalue weighted by molar-refractivity contribution is 5.49. The van der Waals surface area contributed by atoms with Crippen molar-refractivity contribution in [3.8, 4) is 0 Å². The van der Waals surface area contributed by atoms with E-state index < -0.39 is 0 Å². The molecule has 18 heavy (non-hydrogen) atoms. The highest BCUT2D eigenvalue weighted by Gasteiger charge is 2.17. The highest BCUT2D eigenvalue weighted by Crippen LogP contribution is 2.19. The third-order valence-corrected chi connectivity index (χ3v) is 3.50. The van der Waals surface area contributed by atoms with Crippen molar-refractivity contribution in [2.75, 3.05) is 6.54 Å². The summed E-state index contributed by atoms with van der Waals surface area (Å²) in [5, 5.41) is 3.58. The Bertz CT molecular complexity index is 406. The van der Waals surface area contributed by atoms with Crippen molar-refractivity contribution in [3.63, 3.8) is 0 Å². The minimum Gasteiger partial charge on any atom is -0.310 e. The minimum atomic E-state index is 0.566. The zero-order valence-electron chi connectivity index (χ0n) is 11.3. The molecule has 1 heteroatoms. The summed E-state index contributed by atoms with van der Waals surface area (Å²) < 4.78 is 0. The van der Waals surface area contributed by atoms with Crippen LogP contribution in [-0.2, 0) is 0 Å². The quantitative estimate of drug-likeness (QED) is 0.763. The Morgan fingerprint density at radius 3 is 2.89 bits per heavy atom. The fraction of sp³-hybridized carbons (Fsp3) is 0.471. The number of rotatable bonds is 5. The first-order valence-corrected chi connectivity index (χ1v) is 7.14. The minimum absolute atomic E-state index is 0.566. The van der Waals surface area contributed by atoms with E-state index in [2.05, 4.69) is 54.4 Å². The van der Waals surface area contributed by atoms with Crippen molar-refractivity contribution in [1.29, 1.82) is 0 Å². The molecule has 0 radical (unpaired) electrons. The van der Waals surface area contributed by atoms with E-state index in [4.69, 9.17) is 0 Å². The number of unbranched alkanes of at least 4 members (excludes halogenated alkanes) is 1. The third kappa shape index (κ3) is 3.87. The fourth-order valence-corrected chi connectivity index (χ4v) is 2.42. The average molecular weight is 241 g/mol. The van der Waals surface area contributed by atoms with Gasteiger partial charge >= 0.3 is 0 Å². The van der Waals surface area contributed by atoms with Crippen molar-refractivity contribution in [3.05, 3.63) is 47.2 Å². The van der Waals surface area contributed by atoms with Crippen LogP contribution in [0, 0.1) is 0 Å². The summed E-state index contributed by atoms with van der Waals surface area (Å²) in [6.07, 6.45) is 8.40. The average Bonchev–Trinajstić information content (AvgIpc) is 2.94. The monoisotopic (exact) mass is 241 g/mol. The van der Waals surface area contributed by atoms with Gasteiger partial charge in [-0.05, 0) is 49.4 Å². The molecule has 0 aromatic heterocycles. The molecule has 1 heterocycles. The van der Waals surface area contributed by atoms with Crippen molar-refractivity contribution in [1.82, 2.24) is 5.32 Å². The van der Waals surface area contributed by atoms with Crippen LogP contribution in [0.1, 0.15) is 44.6 Å². The maximum absolute atomic E-state index is 3.58. The number of hydrogen-bond acceptors (Lipinski definition) is 1. The molecule has 1 nitrogen and oxygen atoms in total. The second kappa shape index (κ2) is 7.20. The lowest BCUT2D eigenvalue weighted by molar-refractivity contribution is 0.639. The van der Waals surface area contributed by atoms with Gasteiger partial charge in [0.15, 0.2) is 0 Å². The smallest absolute Gasteiger partial charge is 0.0355 e. The summed E-state index contributed by atoms with van der Waals surface area (Å²) in [6.45, 7) is 3.41. The van der Waals surface area contributed by atoms with Crippen LogP contribution in [-0.4, -0.2) is 12.6 Å². The normalized spacial score (nSPS) is 18.4. The molecule has 0 bridgehead atoms. The standard InChI is InChI=1S/C17H23N/c1-2-3-10-16(17-11-7-14-18-17)13-12-15-8-5-4-6-9-15/h4-6,8-9,12,17-18H,2-3,7,10-11,14H2,1H3. The van der Waals surface area contributed by atoms with Gasteiger partial charge in [0.25, 0.3) is 0 Å². The Balaban J connectivity index is 2.13. The van der Waals surface area contributed by atoms with Gasteiger partial charge in [-0.2, -0.15) is 0 Å². The van der Waals surface area contributed by atoms with Gasteiger partial charge in [-0.3, -0.25) is 0 Å². The van der Waals surface area contributed by atoms with E-state index in [-0.39, 0.29) is 0 Å². The van der Waals surface area contributed by atoms with Crippen molar-refractivity contribution in [2.45, 2.75) is 45.1 Å². The molecular weight excluding hydrogens is 218 g/mol. The van der Waals surface area contributed by atoms with Crippen LogP contribution in [0.15, 0.2) is 41.6 Å². The van der Waals surface area contributed by atoms with Gasteiger partial charge in [-0.25, -0.2) is 0 Å². The topological polar surface area (TPSA) is 12.0 Å². The molecule has 1 aliphatic heterocycles. The van der Waals surface area contributed by atoms with Gasteiger partial charge in [0, 0.05) is 6.04 Å². The van der Waals surface area contributed by atoms with Gasteiger partial charge in [0.2, 0.25) is 0 Å². The second-order valence-corrected chi connectivity index (χ2v) is 4.98. The van der Waals surface area contributed by atoms with E-state index in [1.165, 1.54) is 43.2 Å². The zero-order chi connectivity index (χ0) is 12.6. The van der Waals surface area contributed by atoms with Crippen LogP contribution in [0.4, 0.5) is 0 Å². The first-order chi connectivity index (χ1) is 8.90. The number of benzene rings is 1. The van der Waals surface area contributed by atoms with Gasteiger partial charge in [0.1, 0.15) is 0 Å². The van der Waals surface area contributed by atoms with Crippen molar-refractivity contribution < 1.29 is 0 Å². The number of nitrogens with one attached hydrogen (secondary N) is 1. The maximum atomic E-state index is 3.58. The molecule has 1 saturated heterocycles. The Morgan fingerprint density at radius 1 is 1.39 bits per heavy atom. The lowest BCUT2D eigenvalue weighted by Crippen LogP contribution is -2.23. The third-order valence-electron chi connectivity index (χ3n) is 3.50. The molecule has 1 unspecified atom stereocenters. The number of hydrogen-bond donors (Lipinski definition) is 1.